The Morgan fingerprint density at radius 2 is 1.84 bits per heavy atom. The number of phenols is 2. The van der Waals surface area contributed by atoms with Gasteiger partial charge >= 0.3 is 0 Å². The van der Waals surface area contributed by atoms with Crippen LogP contribution >= 0.6 is 0 Å². The number of hydrogen-bond acceptors (Lipinski definition) is 7. The minimum atomic E-state index is -1.45. The third kappa shape index (κ3) is 2.88. The van der Waals surface area contributed by atoms with Crippen LogP contribution in [0.2, 0.25) is 0 Å². The summed E-state index contributed by atoms with van der Waals surface area (Å²) >= 11 is 0. The minimum Gasteiger partial charge on any atom is -0.508 e. The van der Waals surface area contributed by atoms with Crippen molar-refractivity contribution in [2.24, 2.45) is 0 Å². The van der Waals surface area contributed by atoms with Crippen molar-refractivity contribution in [1.82, 2.24) is 0 Å². The van der Waals surface area contributed by atoms with Crippen LogP contribution in [-0.2, 0) is 0 Å². The molecule has 31 heavy (non-hydrogen) atoms. The number of phenolic OH excluding ortho intramolecular Hbond substituents is 2. The van der Waals surface area contributed by atoms with Gasteiger partial charge in [-0.25, -0.2) is 0 Å². The number of aliphatic hydroxyl groups is 1. The summed E-state index contributed by atoms with van der Waals surface area (Å²) in [5.41, 5.74) is -1.23. The van der Waals surface area contributed by atoms with E-state index in [0.717, 1.165) is 0 Å². The fourth-order valence-corrected chi connectivity index (χ4v) is 4.12. The zero-order valence-corrected chi connectivity index (χ0v) is 17.5. The van der Waals surface area contributed by atoms with Crippen LogP contribution in [0.15, 0.2) is 39.6 Å². The number of aromatic hydroxyl groups is 2. The van der Waals surface area contributed by atoms with Crippen LogP contribution in [0.25, 0.3) is 28.4 Å². The molecular weight excluding hydrogens is 400 g/mol. The van der Waals surface area contributed by atoms with Crippen molar-refractivity contribution in [2.75, 3.05) is 0 Å². The van der Waals surface area contributed by atoms with Crippen molar-refractivity contribution in [3.05, 3.63) is 51.7 Å². The van der Waals surface area contributed by atoms with Gasteiger partial charge in [0.2, 0.25) is 5.43 Å². The molecule has 0 fully saturated rings. The zero-order valence-electron chi connectivity index (χ0n) is 17.5. The van der Waals surface area contributed by atoms with Gasteiger partial charge in [0.05, 0.1) is 16.7 Å². The summed E-state index contributed by atoms with van der Waals surface area (Å²) in [6.07, 6.45) is 2.58. The average Bonchev–Trinajstić information content (AvgIpc) is 2.65. The molecule has 0 radical (unpaired) electrons. The Hall–Kier alpha value is -3.45. The highest BCUT2D eigenvalue weighted by molar-refractivity contribution is 5.95. The lowest BCUT2D eigenvalue weighted by molar-refractivity contribution is -0.0379. The molecule has 0 saturated carbocycles. The van der Waals surface area contributed by atoms with Gasteiger partial charge in [0, 0.05) is 12.1 Å². The van der Waals surface area contributed by atoms with Gasteiger partial charge in [-0.1, -0.05) is 0 Å². The maximum absolute atomic E-state index is 13.6. The van der Waals surface area contributed by atoms with E-state index in [1.54, 1.807) is 12.1 Å². The molecule has 0 aliphatic carbocycles. The third-order valence-electron chi connectivity index (χ3n) is 5.56. The summed E-state index contributed by atoms with van der Waals surface area (Å²) in [6, 6.07) is 5.86. The Morgan fingerprint density at radius 1 is 1.10 bits per heavy atom. The van der Waals surface area contributed by atoms with Crippen molar-refractivity contribution < 1.29 is 29.2 Å². The Balaban J connectivity index is 1.91. The summed E-state index contributed by atoms with van der Waals surface area (Å²) in [6.45, 7) is 6.80. The molecule has 0 amide bonds. The van der Waals surface area contributed by atoms with E-state index in [9.17, 15) is 20.1 Å². The maximum atomic E-state index is 13.6. The number of rotatable bonds is 1. The Labute approximate surface area is 177 Å². The highest BCUT2D eigenvalue weighted by Gasteiger charge is 2.41. The van der Waals surface area contributed by atoms with Crippen LogP contribution in [0.3, 0.4) is 0 Å². The van der Waals surface area contributed by atoms with Crippen molar-refractivity contribution >= 4 is 17.0 Å². The first-order valence-corrected chi connectivity index (χ1v) is 9.93. The molecule has 2 aliphatic rings. The fourth-order valence-electron chi connectivity index (χ4n) is 4.12. The largest absolute Gasteiger partial charge is 0.508 e. The standard InChI is InChI=1S/C24H22O7/c1-23(2)8-7-13-16(31-23)10-14(26)17-19(27)18-21(30-20(13)17)12-6-5-11(25)9-15(12)29-22(18)24(3,4)28/h5-10,22,25-26,28H,1-4H3/t22-/m1/s1. The lowest BCUT2D eigenvalue weighted by Crippen LogP contribution is -2.38. The molecule has 160 valence electrons. The second-order valence-electron chi connectivity index (χ2n) is 9.06. The van der Waals surface area contributed by atoms with E-state index in [0.29, 0.717) is 16.9 Å². The van der Waals surface area contributed by atoms with Gasteiger partial charge in [-0.2, -0.15) is 0 Å². The Morgan fingerprint density at radius 3 is 2.55 bits per heavy atom. The fraction of sp³-hybridized carbons (Fsp3) is 0.292. The van der Waals surface area contributed by atoms with Crippen LogP contribution < -0.4 is 14.9 Å². The summed E-state index contributed by atoms with van der Waals surface area (Å²) in [5, 5.41) is 31.3. The first-order chi connectivity index (χ1) is 14.5. The van der Waals surface area contributed by atoms with E-state index in [2.05, 4.69) is 0 Å². The van der Waals surface area contributed by atoms with Gasteiger partial charge in [0.1, 0.15) is 45.3 Å². The molecule has 0 unspecified atom stereocenters. The van der Waals surface area contributed by atoms with Gasteiger partial charge in [-0.15, -0.1) is 0 Å². The highest BCUT2D eigenvalue weighted by atomic mass is 16.5. The van der Waals surface area contributed by atoms with E-state index in [4.69, 9.17) is 13.9 Å². The normalized spacial score (nSPS) is 18.5. The molecule has 7 heteroatoms. The summed E-state index contributed by atoms with van der Waals surface area (Å²) in [5.74, 6) is 0.606. The van der Waals surface area contributed by atoms with Crippen LogP contribution in [0.1, 0.15) is 44.9 Å². The lowest BCUT2D eigenvalue weighted by Gasteiger charge is -2.35. The predicted octanol–water partition coefficient (Wildman–Crippen LogP) is 4.26. The van der Waals surface area contributed by atoms with Crippen molar-refractivity contribution in [2.45, 2.75) is 45.0 Å². The third-order valence-corrected chi connectivity index (χ3v) is 5.56. The van der Waals surface area contributed by atoms with Gasteiger partial charge in [-0.05, 0) is 52.0 Å². The van der Waals surface area contributed by atoms with Crippen molar-refractivity contribution in [3.8, 4) is 34.3 Å². The van der Waals surface area contributed by atoms with E-state index in [1.165, 1.54) is 32.0 Å². The first kappa shape index (κ1) is 19.5. The quantitative estimate of drug-likeness (QED) is 0.538. The molecule has 1 aromatic heterocycles. The number of ether oxygens (including phenoxy) is 2. The van der Waals surface area contributed by atoms with Crippen molar-refractivity contribution in [3.63, 3.8) is 0 Å². The van der Waals surface area contributed by atoms with Gasteiger partial charge in [0.15, 0.2) is 11.7 Å². The lowest BCUT2D eigenvalue weighted by atomic mass is 9.88. The van der Waals surface area contributed by atoms with E-state index in [-0.39, 0.29) is 39.5 Å². The topological polar surface area (TPSA) is 109 Å². The summed E-state index contributed by atoms with van der Waals surface area (Å²) in [4.78, 5) is 13.6. The molecule has 1 atom stereocenters. The van der Waals surface area contributed by atoms with Crippen LogP contribution in [-0.4, -0.2) is 26.5 Å². The molecule has 0 bridgehead atoms. The summed E-state index contributed by atoms with van der Waals surface area (Å²) < 4.78 is 18.1. The molecule has 5 rings (SSSR count). The molecule has 3 heterocycles. The maximum Gasteiger partial charge on any atom is 0.204 e. The number of fused-ring (bicyclic) bond motifs is 6. The monoisotopic (exact) mass is 422 g/mol. The molecule has 3 N–H and O–H groups in total. The molecule has 7 nitrogen and oxygen atoms in total. The SMILES string of the molecule is CC1(C)C=Cc2c(cc(O)c3c(=O)c4c(oc23)-c2ccc(O)cc2O[C@H]4C(C)(C)O)O1. The molecule has 2 aliphatic heterocycles. The first-order valence-electron chi connectivity index (χ1n) is 9.93. The Kier molecular flexibility index (Phi) is 3.80. The number of benzene rings is 2. The molecule has 3 aromatic rings. The second-order valence-corrected chi connectivity index (χ2v) is 9.06. The highest BCUT2D eigenvalue weighted by Crippen LogP contribution is 2.49. The average molecular weight is 422 g/mol. The smallest absolute Gasteiger partial charge is 0.204 e. The summed E-state index contributed by atoms with van der Waals surface area (Å²) in [7, 11) is 0. The molecule has 0 spiro atoms. The zero-order chi connectivity index (χ0) is 22.3. The van der Waals surface area contributed by atoms with E-state index in [1.807, 2.05) is 19.9 Å². The van der Waals surface area contributed by atoms with Crippen molar-refractivity contribution in [1.29, 1.82) is 0 Å². The van der Waals surface area contributed by atoms with E-state index < -0.39 is 22.7 Å². The van der Waals surface area contributed by atoms with Crippen LogP contribution in [0.5, 0.6) is 23.0 Å². The van der Waals surface area contributed by atoms with E-state index >= 15 is 0 Å². The van der Waals surface area contributed by atoms with Gasteiger partial charge in [-0.3, -0.25) is 4.79 Å². The molecular formula is C24H22O7. The predicted molar refractivity (Wildman–Crippen MR) is 115 cm³/mol. The van der Waals surface area contributed by atoms with Crippen LogP contribution in [0.4, 0.5) is 0 Å². The Bertz CT molecular complexity index is 1340. The molecule has 2 aromatic carbocycles. The molecule has 0 saturated heterocycles. The minimum absolute atomic E-state index is 0.00876. The van der Waals surface area contributed by atoms with Gasteiger partial charge in [0.25, 0.3) is 0 Å². The second kappa shape index (κ2) is 6.04. The van der Waals surface area contributed by atoms with Gasteiger partial charge < -0.3 is 29.2 Å². The number of hydrogen-bond donors (Lipinski definition) is 3. The van der Waals surface area contributed by atoms with Crippen LogP contribution in [0, 0.1) is 0 Å².